The molecule has 28 heavy (non-hydrogen) atoms. The maximum atomic E-state index is 12.9. The molecule has 1 aliphatic rings. The molecule has 0 radical (unpaired) electrons. The molecule has 0 unspecified atom stereocenters. The van der Waals surface area contributed by atoms with Crippen molar-refractivity contribution < 1.29 is 9.53 Å². The third-order valence-corrected chi connectivity index (χ3v) is 5.65. The number of likely N-dealkylation sites (tertiary alicyclic amines) is 1. The Morgan fingerprint density at radius 3 is 2.39 bits per heavy atom. The van der Waals surface area contributed by atoms with Gasteiger partial charge in [0.25, 0.3) is 0 Å². The number of amides is 1. The highest BCUT2D eigenvalue weighted by atomic mass is 16.5. The van der Waals surface area contributed by atoms with E-state index in [9.17, 15) is 4.79 Å². The highest BCUT2D eigenvalue weighted by molar-refractivity contribution is 5.93. The van der Waals surface area contributed by atoms with Crippen LogP contribution in [0.4, 0.5) is 5.69 Å². The standard InChI is InChI=1S/C24H32N2O2/c1-17-14-18(2)24(19(3)15-17)25-23(27)16-26-13-7-5-6-8-22(26)20-9-11-21(28-4)12-10-20/h9-12,14-15,22H,5-8,13,16H2,1-4H3,(H,25,27)/t22-/m0/s1. The molecule has 0 aromatic heterocycles. The summed E-state index contributed by atoms with van der Waals surface area (Å²) < 4.78 is 5.29. The Balaban J connectivity index is 1.74. The van der Waals surface area contributed by atoms with Gasteiger partial charge in [-0.2, -0.15) is 0 Å². The summed E-state index contributed by atoms with van der Waals surface area (Å²) in [5, 5.41) is 3.16. The second kappa shape index (κ2) is 9.24. The van der Waals surface area contributed by atoms with E-state index in [4.69, 9.17) is 4.74 Å². The number of hydrogen-bond acceptors (Lipinski definition) is 3. The quantitative estimate of drug-likeness (QED) is 0.777. The average molecular weight is 381 g/mol. The van der Waals surface area contributed by atoms with E-state index in [-0.39, 0.29) is 11.9 Å². The van der Waals surface area contributed by atoms with E-state index in [0.29, 0.717) is 6.54 Å². The zero-order chi connectivity index (χ0) is 20.1. The Kier molecular flexibility index (Phi) is 6.74. The molecular formula is C24H32N2O2. The minimum Gasteiger partial charge on any atom is -0.497 e. The molecule has 4 heteroatoms. The maximum absolute atomic E-state index is 12.9. The van der Waals surface area contributed by atoms with Crippen molar-refractivity contribution in [3.05, 3.63) is 58.7 Å². The average Bonchev–Trinajstić information content (AvgIpc) is 2.90. The lowest BCUT2D eigenvalue weighted by Crippen LogP contribution is -2.36. The summed E-state index contributed by atoms with van der Waals surface area (Å²) in [6, 6.07) is 12.8. The van der Waals surface area contributed by atoms with Crippen LogP contribution in [-0.2, 0) is 4.79 Å². The van der Waals surface area contributed by atoms with Crippen LogP contribution < -0.4 is 10.1 Å². The van der Waals surface area contributed by atoms with E-state index in [1.54, 1.807) is 7.11 Å². The Morgan fingerprint density at radius 2 is 1.75 bits per heavy atom. The van der Waals surface area contributed by atoms with Gasteiger partial charge in [0.05, 0.1) is 13.7 Å². The zero-order valence-corrected chi connectivity index (χ0v) is 17.5. The molecule has 0 aliphatic carbocycles. The van der Waals surface area contributed by atoms with Crippen LogP contribution in [0, 0.1) is 20.8 Å². The fourth-order valence-electron chi connectivity index (χ4n) is 4.30. The number of rotatable bonds is 5. The van der Waals surface area contributed by atoms with Gasteiger partial charge in [0, 0.05) is 11.7 Å². The van der Waals surface area contributed by atoms with Gasteiger partial charge in [0.15, 0.2) is 0 Å². The number of nitrogens with one attached hydrogen (secondary N) is 1. The number of aryl methyl sites for hydroxylation is 3. The molecule has 1 saturated heterocycles. The number of anilines is 1. The van der Waals surface area contributed by atoms with Crippen molar-refractivity contribution in [2.24, 2.45) is 0 Å². The molecule has 4 nitrogen and oxygen atoms in total. The minimum atomic E-state index is 0.0652. The SMILES string of the molecule is COc1ccc([C@@H]2CCCCCN2CC(=O)Nc2c(C)cc(C)cc2C)cc1. The summed E-state index contributed by atoms with van der Waals surface area (Å²) in [6.07, 6.45) is 4.65. The molecule has 0 bridgehead atoms. The third kappa shape index (κ3) is 4.93. The lowest BCUT2D eigenvalue weighted by molar-refractivity contribution is -0.117. The largest absolute Gasteiger partial charge is 0.497 e. The van der Waals surface area contributed by atoms with Gasteiger partial charge >= 0.3 is 0 Å². The van der Waals surface area contributed by atoms with Gasteiger partial charge in [-0.3, -0.25) is 9.69 Å². The summed E-state index contributed by atoms with van der Waals surface area (Å²) in [7, 11) is 1.69. The Hall–Kier alpha value is -2.33. The van der Waals surface area contributed by atoms with Gasteiger partial charge in [-0.05, 0) is 69.0 Å². The molecule has 1 atom stereocenters. The molecule has 1 aliphatic heterocycles. The summed E-state index contributed by atoms with van der Waals surface area (Å²) in [4.78, 5) is 15.2. The molecule has 0 saturated carbocycles. The van der Waals surface area contributed by atoms with Crippen LogP contribution in [0.15, 0.2) is 36.4 Å². The third-order valence-electron chi connectivity index (χ3n) is 5.65. The molecular weight excluding hydrogens is 348 g/mol. The van der Waals surface area contributed by atoms with Crippen molar-refractivity contribution in [1.29, 1.82) is 0 Å². The molecule has 2 aromatic rings. The van der Waals surface area contributed by atoms with Crippen LogP contribution in [0.3, 0.4) is 0 Å². The Bertz CT molecular complexity index is 791. The fraction of sp³-hybridized carbons (Fsp3) is 0.458. The van der Waals surface area contributed by atoms with E-state index < -0.39 is 0 Å². The Morgan fingerprint density at radius 1 is 1.07 bits per heavy atom. The van der Waals surface area contributed by atoms with Crippen LogP contribution in [0.2, 0.25) is 0 Å². The van der Waals surface area contributed by atoms with Gasteiger partial charge in [0.1, 0.15) is 5.75 Å². The number of hydrogen-bond donors (Lipinski definition) is 1. The van der Waals surface area contributed by atoms with Crippen molar-refractivity contribution in [3.63, 3.8) is 0 Å². The summed E-state index contributed by atoms with van der Waals surface area (Å²) in [6.45, 7) is 7.57. The second-order valence-electron chi connectivity index (χ2n) is 7.93. The molecule has 150 valence electrons. The summed E-state index contributed by atoms with van der Waals surface area (Å²) >= 11 is 0. The highest BCUT2D eigenvalue weighted by Crippen LogP contribution is 2.31. The summed E-state index contributed by atoms with van der Waals surface area (Å²) in [5.41, 5.74) is 5.67. The predicted molar refractivity (Wildman–Crippen MR) is 115 cm³/mol. The predicted octanol–water partition coefficient (Wildman–Crippen LogP) is 5.18. The monoisotopic (exact) mass is 380 g/mol. The van der Waals surface area contributed by atoms with Gasteiger partial charge in [-0.1, -0.05) is 42.7 Å². The number of nitrogens with zero attached hydrogens (tertiary/aromatic N) is 1. The molecule has 1 amide bonds. The topological polar surface area (TPSA) is 41.6 Å². The van der Waals surface area contributed by atoms with Gasteiger partial charge in [-0.25, -0.2) is 0 Å². The van der Waals surface area contributed by atoms with E-state index >= 15 is 0 Å². The Labute approximate surface area is 168 Å². The number of carbonyl (C=O) groups is 1. The van der Waals surface area contributed by atoms with Crippen LogP contribution in [0.1, 0.15) is 54.0 Å². The van der Waals surface area contributed by atoms with Crippen molar-refractivity contribution in [2.75, 3.05) is 25.5 Å². The van der Waals surface area contributed by atoms with E-state index in [0.717, 1.165) is 42.0 Å². The minimum absolute atomic E-state index is 0.0652. The van der Waals surface area contributed by atoms with Crippen molar-refractivity contribution in [2.45, 2.75) is 52.5 Å². The van der Waals surface area contributed by atoms with Crippen molar-refractivity contribution in [3.8, 4) is 5.75 Å². The first-order valence-electron chi connectivity index (χ1n) is 10.2. The fourth-order valence-corrected chi connectivity index (χ4v) is 4.30. The van der Waals surface area contributed by atoms with Crippen LogP contribution in [0.5, 0.6) is 5.75 Å². The lowest BCUT2D eigenvalue weighted by atomic mass is 10.0. The van der Waals surface area contributed by atoms with Crippen molar-refractivity contribution >= 4 is 11.6 Å². The molecule has 1 N–H and O–H groups in total. The number of ether oxygens (including phenoxy) is 1. The van der Waals surface area contributed by atoms with Crippen LogP contribution in [-0.4, -0.2) is 31.0 Å². The first kappa shape index (κ1) is 20.4. The number of benzene rings is 2. The number of methoxy groups -OCH3 is 1. The molecule has 0 spiro atoms. The van der Waals surface area contributed by atoms with Gasteiger partial charge in [0.2, 0.25) is 5.91 Å². The highest BCUT2D eigenvalue weighted by Gasteiger charge is 2.25. The maximum Gasteiger partial charge on any atom is 0.238 e. The zero-order valence-electron chi connectivity index (χ0n) is 17.5. The van der Waals surface area contributed by atoms with Crippen LogP contribution >= 0.6 is 0 Å². The molecule has 1 fully saturated rings. The lowest BCUT2D eigenvalue weighted by Gasteiger charge is -2.30. The first-order valence-corrected chi connectivity index (χ1v) is 10.2. The van der Waals surface area contributed by atoms with Crippen LogP contribution in [0.25, 0.3) is 0 Å². The van der Waals surface area contributed by atoms with E-state index in [1.165, 1.54) is 24.0 Å². The van der Waals surface area contributed by atoms with E-state index in [2.05, 4.69) is 55.3 Å². The number of carbonyl (C=O) groups excluding carboxylic acids is 1. The summed E-state index contributed by atoms with van der Waals surface area (Å²) in [5.74, 6) is 0.933. The molecule has 1 heterocycles. The molecule has 3 rings (SSSR count). The first-order chi connectivity index (χ1) is 13.5. The van der Waals surface area contributed by atoms with Crippen molar-refractivity contribution in [1.82, 2.24) is 4.90 Å². The normalized spacial score (nSPS) is 17.8. The van der Waals surface area contributed by atoms with Gasteiger partial charge < -0.3 is 10.1 Å². The molecule has 2 aromatic carbocycles. The van der Waals surface area contributed by atoms with Gasteiger partial charge in [-0.15, -0.1) is 0 Å². The smallest absolute Gasteiger partial charge is 0.238 e. The van der Waals surface area contributed by atoms with E-state index in [1.807, 2.05) is 12.1 Å². The second-order valence-corrected chi connectivity index (χ2v) is 7.93.